The Morgan fingerprint density at radius 2 is 1.93 bits per heavy atom. The van der Waals surface area contributed by atoms with Gasteiger partial charge in [0.1, 0.15) is 5.82 Å². The number of carboxylic acid groups (broad SMARTS) is 1. The highest BCUT2D eigenvalue weighted by atomic mass is 19.1. The van der Waals surface area contributed by atoms with Crippen molar-refractivity contribution in [2.75, 3.05) is 0 Å². The fraction of sp³-hybridized carbons (Fsp3) is 0.500. The van der Waals surface area contributed by atoms with E-state index in [0.29, 0.717) is 0 Å². The minimum absolute atomic E-state index is 0.0191. The summed E-state index contributed by atoms with van der Waals surface area (Å²) in [6.45, 7) is 3.80. The average molecular weight is 379 g/mol. The second-order valence-electron chi connectivity index (χ2n) is 7.19. The molecule has 0 bridgehead atoms. The molecule has 1 aliphatic rings. The number of aliphatic carboxylic acids is 1. The Kier molecular flexibility index (Phi) is 7.10. The van der Waals surface area contributed by atoms with Crippen LogP contribution in [0.2, 0.25) is 0 Å². The van der Waals surface area contributed by atoms with E-state index in [1.165, 1.54) is 18.2 Å². The van der Waals surface area contributed by atoms with Gasteiger partial charge in [0.2, 0.25) is 5.91 Å². The molecule has 3 N–H and O–H groups in total. The molecule has 1 aliphatic heterocycles. The average Bonchev–Trinajstić information content (AvgIpc) is 2.89. The first kappa shape index (κ1) is 21.1. The zero-order chi connectivity index (χ0) is 20.1. The van der Waals surface area contributed by atoms with Crippen LogP contribution in [-0.4, -0.2) is 56.4 Å². The van der Waals surface area contributed by atoms with Gasteiger partial charge in [0, 0.05) is 24.8 Å². The van der Waals surface area contributed by atoms with Gasteiger partial charge in [-0.3, -0.25) is 9.59 Å². The lowest BCUT2D eigenvalue weighted by molar-refractivity contribution is -0.139. The molecular weight excluding hydrogens is 353 g/mol. The molecule has 4 atom stereocenters. The summed E-state index contributed by atoms with van der Waals surface area (Å²) >= 11 is 0. The van der Waals surface area contributed by atoms with Crippen LogP contribution < -0.4 is 0 Å². The number of carbonyl (C=O) groups is 2. The Hall–Kier alpha value is -2.25. The summed E-state index contributed by atoms with van der Waals surface area (Å²) in [6.07, 6.45) is 0.767. The number of nitrogens with zero attached hydrogens (tertiary/aromatic N) is 1. The number of rotatable bonds is 8. The molecule has 0 aromatic heterocycles. The van der Waals surface area contributed by atoms with Crippen molar-refractivity contribution >= 4 is 11.9 Å². The molecule has 1 saturated heterocycles. The van der Waals surface area contributed by atoms with E-state index >= 15 is 0 Å². The summed E-state index contributed by atoms with van der Waals surface area (Å²) < 4.78 is 13.2. The van der Waals surface area contributed by atoms with Gasteiger partial charge in [-0.1, -0.05) is 24.3 Å². The van der Waals surface area contributed by atoms with E-state index in [0.717, 1.165) is 5.56 Å². The fourth-order valence-corrected chi connectivity index (χ4v) is 3.54. The maximum Gasteiger partial charge on any atom is 0.305 e. The Bertz CT molecular complexity index is 688. The number of hydrogen-bond donors (Lipinski definition) is 3. The van der Waals surface area contributed by atoms with E-state index in [1.54, 1.807) is 23.1 Å². The molecule has 148 valence electrons. The van der Waals surface area contributed by atoms with Gasteiger partial charge in [0.25, 0.3) is 0 Å². The lowest BCUT2D eigenvalue weighted by Crippen LogP contribution is -2.39. The zero-order valence-corrected chi connectivity index (χ0v) is 15.5. The van der Waals surface area contributed by atoms with Gasteiger partial charge in [-0.2, -0.15) is 0 Å². The van der Waals surface area contributed by atoms with Crippen LogP contribution in [0.3, 0.4) is 0 Å². The van der Waals surface area contributed by atoms with Gasteiger partial charge in [-0.25, -0.2) is 4.39 Å². The smallest absolute Gasteiger partial charge is 0.305 e. The molecule has 1 amide bonds. The molecule has 7 heteroatoms. The number of hydrogen-bond acceptors (Lipinski definition) is 4. The molecule has 0 aliphatic carbocycles. The molecule has 27 heavy (non-hydrogen) atoms. The third-order valence-corrected chi connectivity index (χ3v) is 4.72. The molecule has 2 rings (SSSR count). The Morgan fingerprint density at radius 3 is 2.48 bits per heavy atom. The number of aliphatic hydroxyl groups is 2. The van der Waals surface area contributed by atoms with Crippen LogP contribution in [-0.2, 0) is 9.59 Å². The van der Waals surface area contributed by atoms with Crippen molar-refractivity contribution in [2.24, 2.45) is 0 Å². The van der Waals surface area contributed by atoms with Crippen LogP contribution in [0.4, 0.5) is 4.39 Å². The zero-order valence-electron chi connectivity index (χ0n) is 15.5. The highest BCUT2D eigenvalue weighted by molar-refractivity contribution is 5.81. The highest BCUT2D eigenvalue weighted by Gasteiger charge is 2.40. The molecule has 1 aromatic carbocycles. The molecule has 2 unspecified atom stereocenters. The summed E-state index contributed by atoms with van der Waals surface area (Å²) in [7, 11) is 0. The lowest BCUT2D eigenvalue weighted by atomic mass is 9.90. The highest BCUT2D eigenvalue weighted by Crippen LogP contribution is 2.36. The van der Waals surface area contributed by atoms with Gasteiger partial charge < -0.3 is 20.2 Å². The molecule has 0 spiro atoms. The van der Waals surface area contributed by atoms with Crippen molar-refractivity contribution in [3.05, 3.63) is 47.8 Å². The van der Waals surface area contributed by atoms with Crippen molar-refractivity contribution in [1.29, 1.82) is 0 Å². The summed E-state index contributed by atoms with van der Waals surface area (Å²) in [4.78, 5) is 24.8. The van der Waals surface area contributed by atoms with E-state index in [9.17, 15) is 24.2 Å². The van der Waals surface area contributed by atoms with E-state index in [-0.39, 0.29) is 42.6 Å². The first-order valence-corrected chi connectivity index (χ1v) is 9.02. The maximum absolute atomic E-state index is 13.2. The van der Waals surface area contributed by atoms with Crippen LogP contribution >= 0.6 is 0 Å². The van der Waals surface area contributed by atoms with Gasteiger partial charge in [0.05, 0.1) is 24.7 Å². The Labute approximate surface area is 157 Å². The van der Waals surface area contributed by atoms with Gasteiger partial charge in [-0.05, 0) is 31.5 Å². The van der Waals surface area contributed by atoms with Crippen molar-refractivity contribution in [3.63, 3.8) is 0 Å². The fourth-order valence-electron chi connectivity index (χ4n) is 3.54. The first-order chi connectivity index (χ1) is 12.7. The van der Waals surface area contributed by atoms with E-state index in [1.807, 2.05) is 13.8 Å². The largest absolute Gasteiger partial charge is 0.481 e. The summed E-state index contributed by atoms with van der Waals surface area (Å²) in [5.74, 6) is -1.68. The van der Waals surface area contributed by atoms with Gasteiger partial charge in [-0.15, -0.1) is 0 Å². The quantitative estimate of drug-likeness (QED) is 0.601. The Morgan fingerprint density at radius 1 is 1.30 bits per heavy atom. The maximum atomic E-state index is 13.2. The second kappa shape index (κ2) is 9.10. The van der Waals surface area contributed by atoms with Crippen LogP contribution in [0.25, 0.3) is 0 Å². The molecule has 1 aromatic rings. The number of amides is 1. The van der Waals surface area contributed by atoms with Gasteiger partial charge >= 0.3 is 5.97 Å². The van der Waals surface area contributed by atoms with Crippen molar-refractivity contribution in [1.82, 2.24) is 4.90 Å². The first-order valence-electron chi connectivity index (χ1n) is 9.02. The minimum atomic E-state index is -1.15. The number of benzene rings is 1. The number of likely N-dealkylation sites (tertiary alicyclic amines) is 1. The number of aliphatic hydroxyl groups excluding tert-OH is 2. The SMILES string of the molecule is CC(C)N1C(=O)CC(c2ccc(F)cc2)C1C=C[C@H](O)C[C@@H](O)CC(=O)O. The second-order valence-corrected chi connectivity index (χ2v) is 7.19. The van der Waals surface area contributed by atoms with E-state index in [4.69, 9.17) is 5.11 Å². The number of carboxylic acids is 1. The molecule has 0 saturated carbocycles. The standard InChI is InChI=1S/C20H26FNO5/c1-12(2)22-18(8-7-15(23)9-16(24)10-20(26)27)17(11-19(22)25)13-3-5-14(21)6-4-13/h3-8,12,15-18,23-24H,9-11H2,1-2H3,(H,26,27)/t15-,16+,17?,18?/m0/s1. The third kappa shape index (κ3) is 5.61. The monoisotopic (exact) mass is 379 g/mol. The van der Waals surface area contributed by atoms with Crippen molar-refractivity contribution in [2.45, 2.75) is 63.3 Å². The van der Waals surface area contributed by atoms with Crippen LogP contribution in [0.1, 0.15) is 44.6 Å². The number of carbonyl (C=O) groups excluding carboxylic acids is 1. The molecule has 1 heterocycles. The molecular formula is C20H26FNO5. The molecule has 6 nitrogen and oxygen atoms in total. The normalized spacial score (nSPS) is 22.6. The summed E-state index contributed by atoms with van der Waals surface area (Å²) in [5, 5.41) is 28.4. The van der Waals surface area contributed by atoms with E-state index < -0.39 is 24.6 Å². The predicted molar refractivity (Wildman–Crippen MR) is 97.6 cm³/mol. The lowest BCUT2D eigenvalue weighted by Gasteiger charge is -2.29. The van der Waals surface area contributed by atoms with Crippen molar-refractivity contribution < 1.29 is 29.3 Å². The van der Waals surface area contributed by atoms with Gasteiger partial charge in [0.15, 0.2) is 0 Å². The van der Waals surface area contributed by atoms with Crippen LogP contribution in [0.15, 0.2) is 36.4 Å². The molecule has 0 radical (unpaired) electrons. The van der Waals surface area contributed by atoms with Crippen molar-refractivity contribution in [3.8, 4) is 0 Å². The van der Waals surface area contributed by atoms with Crippen LogP contribution in [0.5, 0.6) is 0 Å². The third-order valence-electron chi connectivity index (χ3n) is 4.72. The Balaban J connectivity index is 2.17. The van der Waals surface area contributed by atoms with E-state index in [2.05, 4.69) is 0 Å². The predicted octanol–water partition coefficient (Wildman–Crippen LogP) is 2.06. The molecule has 1 fully saturated rings. The van der Waals surface area contributed by atoms with Crippen LogP contribution in [0, 0.1) is 5.82 Å². The summed E-state index contributed by atoms with van der Waals surface area (Å²) in [5.41, 5.74) is 0.836. The number of halogens is 1. The summed E-state index contributed by atoms with van der Waals surface area (Å²) in [6, 6.07) is 5.67. The topological polar surface area (TPSA) is 98.1 Å². The minimum Gasteiger partial charge on any atom is -0.481 e.